The highest BCUT2D eigenvalue weighted by molar-refractivity contribution is 5.88. The van der Waals surface area contributed by atoms with Crippen LogP contribution in [0.25, 0.3) is 0 Å². The van der Waals surface area contributed by atoms with E-state index in [9.17, 15) is 9.59 Å². The van der Waals surface area contributed by atoms with Gasteiger partial charge in [0.2, 0.25) is 5.91 Å². The van der Waals surface area contributed by atoms with Crippen molar-refractivity contribution < 1.29 is 14.3 Å². The van der Waals surface area contributed by atoms with Crippen molar-refractivity contribution in [1.29, 1.82) is 0 Å². The van der Waals surface area contributed by atoms with Crippen LogP contribution in [0.3, 0.4) is 0 Å². The van der Waals surface area contributed by atoms with E-state index in [1.54, 1.807) is 17.9 Å². The van der Waals surface area contributed by atoms with E-state index >= 15 is 0 Å². The molecule has 1 amide bonds. The fourth-order valence-electron chi connectivity index (χ4n) is 2.04. The maximum absolute atomic E-state index is 12.3. The lowest BCUT2D eigenvalue weighted by atomic mass is 10.1. The fraction of sp³-hybridized carbons (Fsp3) is 0.750. The number of hydrogen-bond donors (Lipinski definition) is 0. The molecule has 0 N–H and O–H groups in total. The van der Waals surface area contributed by atoms with E-state index in [0.29, 0.717) is 13.1 Å². The molecule has 1 unspecified atom stereocenters. The minimum absolute atomic E-state index is 0.0436. The predicted octanol–water partition coefficient (Wildman–Crippen LogP) is 1.93. The van der Waals surface area contributed by atoms with Gasteiger partial charge in [0.25, 0.3) is 0 Å². The lowest BCUT2D eigenvalue weighted by molar-refractivity contribution is -0.146. The first kappa shape index (κ1) is 19.6. The van der Waals surface area contributed by atoms with Gasteiger partial charge in [-0.1, -0.05) is 26.3 Å². The predicted molar refractivity (Wildman–Crippen MR) is 85.0 cm³/mol. The number of nitrogens with zero attached hydrogens (tertiary/aromatic N) is 2. The monoisotopic (exact) mass is 298 g/mol. The Bertz CT molecular complexity index is 359. The highest BCUT2D eigenvalue weighted by Gasteiger charge is 2.20. The van der Waals surface area contributed by atoms with E-state index in [2.05, 4.69) is 18.7 Å². The molecule has 21 heavy (non-hydrogen) atoms. The molecule has 5 nitrogen and oxygen atoms in total. The van der Waals surface area contributed by atoms with Crippen LogP contribution in [0.2, 0.25) is 0 Å². The van der Waals surface area contributed by atoms with Crippen molar-refractivity contribution in [2.45, 2.75) is 34.6 Å². The van der Waals surface area contributed by atoms with Crippen LogP contribution in [0, 0.1) is 5.92 Å². The quantitative estimate of drug-likeness (QED) is 0.482. The smallest absolute Gasteiger partial charge is 0.310 e. The van der Waals surface area contributed by atoms with Crippen molar-refractivity contribution >= 4 is 11.9 Å². The van der Waals surface area contributed by atoms with E-state index in [-0.39, 0.29) is 17.8 Å². The number of carbonyl (C=O) groups is 2. The minimum Gasteiger partial charge on any atom is -0.469 e. The Kier molecular flexibility index (Phi) is 9.71. The Labute approximate surface area is 128 Å². The summed E-state index contributed by atoms with van der Waals surface area (Å²) >= 11 is 0. The summed E-state index contributed by atoms with van der Waals surface area (Å²) < 4.78 is 4.74. The number of ether oxygens (including phenoxy) is 1. The van der Waals surface area contributed by atoms with Crippen molar-refractivity contribution in [3.63, 3.8) is 0 Å². The summed E-state index contributed by atoms with van der Waals surface area (Å²) in [6, 6.07) is 0. The molecule has 0 aromatic heterocycles. The first-order chi connectivity index (χ1) is 9.85. The largest absolute Gasteiger partial charge is 0.469 e. The van der Waals surface area contributed by atoms with Crippen LogP contribution in [0.15, 0.2) is 11.6 Å². The Hall–Kier alpha value is -1.36. The molecule has 0 radical (unpaired) electrons. The van der Waals surface area contributed by atoms with Crippen LogP contribution in [0.1, 0.15) is 34.6 Å². The molecule has 0 aliphatic heterocycles. The Balaban J connectivity index is 4.80. The van der Waals surface area contributed by atoms with Crippen LogP contribution in [-0.2, 0) is 14.3 Å². The molecule has 0 saturated heterocycles. The van der Waals surface area contributed by atoms with Crippen molar-refractivity contribution in [3.05, 3.63) is 11.6 Å². The number of likely N-dealkylation sites (N-methyl/N-ethyl adjacent to an activating group) is 1. The molecule has 0 bridgehead atoms. The molecular formula is C16H30N2O3. The molecule has 0 rings (SSSR count). The zero-order valence-electron chi connectivity index (χ0n) is 14.3. The number of methoxy groups -OCH3 is 1. The van der Waals surface area contributed by atoms with Crippen LogP contribution in [0.4, 0.5) is 0 Å². The van der Waals surface area contributed by atoms with E-state index in [1.807, 2.05) is 13.8 Å². The molecule has 0 saturated carbocycles. The highest BCUT2D eigenvalue weighted by atomic mass is 16.5. The van der Waals surface area contributed by atoms with E-state index in [0.717, 1.165) is 25.2 Å². The molecule has 0 aromatic carbocycles. The van der Waals surface area contributed by atoms with Gasteiger partial charge in [-0.3, -0.25) is 9.59 Å². The van der Waals surface area contributed by atoms with Gasteiger partial charge < -0.3 is 14.5 Å². The average molecular weight is 298 g/mol. The van der Waals surface area contributed by atoms with Gasteiger partial charge >= 0.3 is 5.97 Å². The zero-order valence-corrected chi connectivity index (χ0v) is 14.3. The minimum atomic E-state index is -0.318. The summed E-state index contributed by atoms with van der Waals surface area (Å²) in [5, 5.41) is 0. The third-order valence-electron chi connectivity index (χ3n) is 3.40. The van der Waals surface area contributed by atoms with Crippen molar-refractivity contribution in [2.24, 2.45) is 5.92 Å². The second-order valence-electron chi connectivity index (χ2n) is 5.46. The van der Waals surface area contributed by atoms with Crippen LogP contribution < -0.4 is 0 Å². The second-order valence-corrected chi connectivity index (χ2v) is 5.46. The van der Waals surface area contributed by atoms with Crippen molar-refractivity contribution in [2.75, 3.05) is 39.8 Å². The second kappa shape index (κ2) is 10.4. The average Bonchev–Trinajstić information content (AvgIpc) is 2.44. The van der Waals surface area contributed by atoms with Gasteiger partial charge in [0.15, 0.2) is 0 Å². The first-order valence-electron chi connectivity index (χ1n) is 7.59. The SMILES string of the molecule is CCN(CC)CCN(CC(C)C(=O)OC)C(=O)C=C(C)C. The van der Waals surface area contributed by atoms with Gasteiger partial charge in [0, 0.05) is 25.7 Å². The normalized spacial score (nSPS) is 12.0. The maximum atomic E-state index is 12.3. The summed E-state index contributed by atoms with van der Waals surface area (Å²) in [4.78, 5) is 27.8. The van der Waals surface area contributed by atoms with Crippen LogP contribution in [0.5, 0.6) is 0 Å². The third-order valence-corrected chi connectivity index (χ3v) is 3.40. The van der Waals surface area contributed by atoms with Crippen molar-refractivity contribution in [1.82, 2.24) is 9.80 Å². The summed E-state index contributed by atoms with van der Waals surface area (Å²) in [5.74, 6) is -0.646. The number of allylic oxidation sites excluding steroid dienone is 1. The Morgan fingerprint density at radius 3 is 2.14 bits per heavy atom. The van der Waals surface area contributed by atoms with Crippen LogP contribution in [-0.4, -0.2) is 61.5 Å². The Morgan fingerprint density at radius 2 is 1.71 bits per heavy atom. The Morgan fingerprint density at radius 1 is 1.14 bits per heavy atom. The summed E-state index contributed by atoms with van der Waals surface area (Å²) in [6.07, 6.45) is 1.62. The molecule has 0 aliphatic carbocycles. The molecule has 5 heteroatoms. The number of rotatable bonds is 9. The number of hydrogen-bond acceptors (Lipinski definition) is 4. The molecule has 0 aliphatic rings. The number of carbonyl (C=O) groups excluding carboxylic acids is 2. The standard InChI is InChI=1S/C16H30N2O3/c1-7-17(8-2)9-10-18(15(19)11-13(3)4)12-14(5)16(20)21-6/h11,14H,7-10,12H2,1-6H3. The molecule has 1 atom stereocenters. The highest BCUT2D eigenvalue weighted by Crippen LogP contribution is 2.05. The number of amides is 1. The summed E-state index contributed by atoms with van der Waals surface area (Å²) in [5.41, 5.74) is 0.957. The topological polar surface area (TPSA) is 49.9 Å². The lowest BCUT2D eigenvalue weighted by Gasteiger charge is -2.27. The van der Waals surface area contributed by atoms with E-state index in [4.69, 9.17) is 4.74 Å². The first-order valence-corrected chi connectivity index (χ1v) is 7.59. The molecule has 0 aromatic rings. The zero-order chi connectivity index (χ0) is 16.4. The fourth-order valence-corrected chi connectivity index (χ4v) is 2.04. The van der Waals surface area contributed by atoms with Crippen molar-refractivity contribution in [3.8, 4) is 0 Å². The molecule has 0 spiro atoms. The van der Waals surface area contributed by atoms with Crippen LogP contribution >= 0.6 is 0 Å². The van der Waals surface area contributed by atoms with Gasteiger partial charge in [0.05, 0.1) is 13.0 Å². The summed E-state index contributed by atoms with van der Waals surface area (Å²) in [7, 11) is 1.37. The molecule has 0 heterocycles. The maximum Gasteiger partial charge on any atom is 0.310 e. The lowest BCUT2D eigenvalue weighted by Crippen LogP contribution is -2.41. The number of esters is 1. The van der Waals surface area contributed by atoms with Gasteiger partial charge in [-0.25, -0.2) is 0 Å². The van der Waals surface area contributed by atoms with Gasteiger partial charge in [0.1, 0.15) is 0 Å². The van der Waals surface area contributed by atoms with Gasteiger partial charge in [-0.15, -0.1) is 0 Å². The van der Waals surface area contributed by atoms with Gasteiger partial charge in [-0.05, 0) is 26.9 Å². The molecular weight excluding hydrogens is 268 g/mol. The third kappa shape index (κ3) is 7.85. The van der Waals surface area contributed by atoms with E-state index < -0.39 is 0 Å². The molecule has 122 valence electrons. The molecule has 0 fully saturated rings. The summed E-state index contributed by atoms with van der Waals surface area (Å²) in [6.45, 7) is 13.5. The van der Waals surface area contributed by atoms with Gasteiger partial charge in [-0.2, -0.15) is 0 Å². The van der Waals surface area contributed by atoms with E-state index in [1.165, 1.54) is 7.11 Å².